The fourth-order valence-electron chi connectivity index (χ4n) is 3.56. The lowest BCUT2D eigenvalue weighted by molar-refractivity contribution is -0.124. The summed E-state index contributed by atoms with van der Waals surface area (Å²) in [6, 6.07) is 18.4. The van der Waals surface area contributed by atoms with Crippen LogP contribution in [0, 0.1) is 0 Å². The van der Waals surface area contributed by atoms with Gasteiger partial charge in [-0.2, -0.15) is 0 Å². The van der Waals surface area contributed by atoms with Gasteiger partial charge in [0.1, 0.15) is 11.8 Å². The van der Waals surface area contributed by atoms with Crippen LogP contribution in [0.5, 0.6) is 5.75 Å². The number of amides is 3. The monoisotopic (exact) mass is 542 g/mol. The lowest BCUT2D eigenvalue weighted by Gasteiger charge is -2.24. The molecule has 1 saturated heterocycles. The van der Waals surface area contributed by atoms with Crippen molar-refractivity contribution < 1.29 is 19.1 Å². The van der Waals surface area contributed by atoms with Crippen molar-refractivity contribution in [3.63, 3.8) is 0 Å². The first kappa shape index (κ1) is 25.4. The third-order valence-electron chi connectivity index (χ3n) is 5.38. The molecule has 3 aromatic carbocycles. The number of hydrogen-bond donors (Lipinski definition) is 2. The van der Waals surface area contributed by atoms with E-state index in [4.69, 9.17) is 40.2 Å². The van der Waals surface area contributed by atoms with Gasteiger partial charge in [-0.15, -0.1) is 0 Å². The number of hydrogen-bond acceptors (Lipinski definition) is 5. The van der Waals surface area contributed by atoms with Gasteiger partial charge in [0.25, 0.3) is 11.8 Å². The molecule has 1 heterocycles. The topological polar surface area (TPSA) is 91.0 Å². The molecule has 0 saturated carbocycles. The van der Waals surface area contributed by atoms with E-state index in [0.29, 0.717) is 32.7 Å². The summed E-state index contributed by atoms with van der Waals surface area (Å²) in [5.74, 6) is -0.821. The van der Waals surface area contributed by atoms with E-state index < -0.39 is 23.8 Å². The lowest BCUT2D eigenvalue weighted by Crippen LogP contribution is -2.49. The molecule has 4 rings (SSSR count). The van der Waals surface area contributed by atoms with Crippen LogP contribution in [-0.2, 0) is 9.59 Å². The number of nitrogens with zero attached hydrogens (tertiary/aromatic N) is 2. The summed E-state index contributed by atoms with van der Waals surface area (Å²) >= 11 is 17.4. The molecule has 3 aromatic rings. The Balaban J connectivity index is 1.59. The molecule has 8 nitrogen and oxygen atoms in total. The van der Waals surface area contributed by atoms with Crippen LogP contribution in [0.15, 0.2) is 72.8 Å². The van der Waals surface area contributed by atoms with Crippen molar-refractivity contribution in [1.29, 1.82) is 0 Å². The molecule has 1 unspecified atom stereocenters. The van der Waals surface area contributed by atoms with Crippen LogP contribution in [0.25, 0.3) is 0 Å². The van der Waals surface area contributed by atoms with Gasteiger partial charge in [-0.25, -0.2) is 5.01 Å². The van der Waals surface area contributed by atoms with E-state index >= 15 is 0 Å². The summed E-state index contributed by atoms with van der Waals surface area (Å²) in [6.07, 6.45) is -0.269. The highest BCUT2D eigenvalue weighted by atomic mass is 35.5. The van der Waals surface area contributed by atoms with Crippen LogP contribution < -0.4 is 20.4 Å². The zero-order chi connectivity index (χ0) is 25.8. The molecular formula is C25H20Cl2N4O4S. The quantitative estimate of drug-likeness (QED) is 0.421. The Morgan fingerprint density at radius 2 is 1.53 bits per heavy atom. The first-order valence-corrected chi connectivity index (χ1v) is 11.9. The summed E-state index contributed by atoms with van der Waals surface area (Å²) in [4.78, 5) is 40.5. The van der Waals surface area contributed by atoms with E-state index in [1.54, 1.807) is 72.8 Å². The molecule has 1 atom stereocenters. The number of ether oxygens (including phenoxy) is 1. The minimum Gasteiger partial charge on any atom is -0.497 e. The zero-order valence-corrected chi connectivity index (χ0v) is 21.2. The Kier molecular flexibility index (Phi) is 7.73. The average Bonchev–Trinajstić information content (AvgIpc) is 3.09. The van der Waals surface area contributed by atoms with E-state index in [1.807, 2.05) is 0 Å². The third-order valence-corrected chi connectivity index (χ3v) is 6.26. The van der Waals surface area contributed by atoms with Crippen molar-refractivity contribution in [3.8, 4) is 5.75 Å². The van der Waals surface area contributed by atoms with Crippen LogP contribution in [-0.4, -0.2) is 41.0 Å². The molecule has 0 radical (unpaired) electrons. The largest absolute Gasteiger partial charge is 0.497 e. The van der Waals surface area contributed by atoms with Gasteiger partial charge in [0, 0.05) is 21.3 Å². The molecule has 0 bridgehead atoms. The van der Waals surface area contributed by atoms with Crippen molar-refractivity contribution in [1.82, 2.24) is 10.4 Å². The van der Waals surface area contributed by atoms with Crippen LogP contribution in [0.1, 0.15) is 16.8 Å². The molecular weight excluding hydrogens is 523 g/mol. The van der Waals surface area contributed by atoms with Gasteiger partial charge in [-0.3, -0.25) is 24.7 Å². The van der Waals surface area contributed by atoms with Gasteiger partial charge in [0.15, 0.2) is 0 Å². The minimum atomic E-state index is -1.08. The fourth-order valence-corrected chi connectivity index (χ4v) is 4.18. The molecule has 2 N–H and O–H groups in total. The molecule has 1 aliphatic heterocycles. The van der Waals surface area contributed by atoms with Gasteiger partial charge >= 0.3 is 0 Å². The number of carbonyl (C=O) groups is 3. The summed E-state index contributed by atoms with van der Waals surface area (Å²) in [5.41, 5.74) is 3.96. The van der Waals surface area contributed by atoms with Crippen molar-refractivity contribution in [3.05, 3.63) is 88.4 Å². The highest BCUT2D eigenvalue weighted by Crippen LogP contribution is 2.28. The molecule has 1 aliphatic rings. The number of methoxy groups -OCH3 is 1. The summed E-state index contributed by atoms with van der Waals surface area (Å²) in [6.45, 7) is 0. The van der Waals surface area contributed by atoms with Crippen molar-refractivity contribution >= 4 is 69.6 Å². The van der Waals surface area contributed by atoms with Gasteiger partial charge in [-0.05, 0) is 85.0 Å². The highest BCUT2D eigenvalue weighted by molar-refractivity contribution is 7.80. The predicted octanol–water partition coefficient (Wildman–Crippen LogP) is 4.68. The van der Waals surface area contributed by atoms with Crippen molar-refractivity contribution in [2.75, 3.05) is 17.3 Å². The van der Waals surface area contributed by atoms with Gasteiger partial charge in [0.2, 0.25) is 11.0 Å². The summed E-state index contributed by atoms with van der Waals surface area (Å²) in [5, 5.41) is 4.99. The van der Waals surface area contributed by atoms with Gasteiger partial charge in [-0.1, -0.05) is 23.2 Å². The maximum atomic E-state index is 13.5. The number of nitrogens with one attached hydrogen (secondary N) is 2. The average molecular weight is 543 g/mol. The molecule has 3 amide bonds. The van der Waals surface area contributed by atoms with Gasteiger partial charge < -0.3 is 10.1 Å². The molecule has 0 aromatic heterocycles. The highest BCUT2D eigenvalue weighted by Gasteiger charge is 2.45. The normalized spacial score (nSPS) is 15.1. The minimum absolute atomic E-state index is 0.0248. The van der Waals surface area contributed by atoms with Gasteiger partial charge in [0.05, 0.1) is 19.2 Å². The lowest BCUT2D eigenvalue weighted by atomic mass is 10.1. The van der Waals surface area contributed by atoms with Crippen LogP contribution in [0.3, 0.4) is 0 Å². The standard InChI is InChI=1S/C25H20Cl2N4O4S/c1-35-20-12-10-19(11-13-20)30-24(34)21(14-22(32)28-18-8-6-17(27)7-9-18)31(25(30)36)29-23(33)15-2-4-16(26)5-3-15/h2-13,21H,14H2,1H3,(H,28,32)(H,29,33). The summed E-state index contributed by atoms with van der Waals surface area (Å²) in [7, 11) is 1.53. The number of rotatable bonds is 7. The maximum absolute atomic E-state index is 13.5. The predicted molar refractivity (Wildman–Crippen MR) is 142 cm³/mol. The van der Waals surface area contributed by atoms with Crippen molar-refractivity contribution in [2.45, 2.75) is 12.5 Å². The fraction of sp³-hybridized carbons (Fsp3) is 0.120. The van der Waals surface area contributed by atoms with E-state index in [-0.39, 0.29) is 11.5 Å². The zero-order valence-electron chi connectivity index (χ0n) is 18.9. The van der Waals surface area contributed by atoms with E-state index in [1.165, 1.54) is 17.0 Å². The molecule has 0 spiro atoms. The van der Waals surface area contributed by atoms with E-state index in [2.05, 4.69) is 10.7 Å². The van der Waals surface area contributed by atoms with E-state index in [0.717, 1.165) is 0 Å². The first-order valence-electron chi connectivity index (χ1n) is 10.7. The number of carbonyl (C=O) groups excluding carboxylic acids is 3. The molecule has 11 heteroatoms. The number of thiocarbonyl (C=S) groups is 1. The molecule has 184 valence electrons. The van der Waals surface area contributed by atoms with Crippen molar-refractivity contribution in [2.24, 2.45) is 0 Å². The smallest absolute Gasteiger partial charge is 0.269 e. The Bertz CT molecular complexity index is 1300. The SMILES string of the molecule is COc1ccc(N2C(=O)C(CC(=O)Nc3ccc(Cl)cc3)N(NC(=O)c3ccc(Cl)cc3)C2=S)cc1. The Labute approximate surface area is 222 Å². The number of hydrazine groups is 1. The second kappa shape index (κ2) is 10.9. The number of anilines is 2. The third kappa shape index (κ3) is 5.59. The second-order valence-corrected chi connectivity index (χ2v) is 8.99. The Morgan fingerprint density at radius 1 is 0.944 bits per heavy atom. The molecule has 36 heavy (non-hydrogen) atoms. The van der Waals surface area contributed by atoms with Crippen LogP contribution in [0.4, 0.5) is 11.4 Å². The molecule has 0 aliphatic carbocycles. The van der Waals surface area contributed by atoms with Crippen LogP contribution in [0.2, 0.25) is 10.0 Å². The Morgan fingerprint density at radius 3 is 2.11 bits per heavy atom. The summed E-state index contributed by atoms with van der Waals surface area (Å²) < 4.78 is 5.18. The maximum Gasteiger partial charge on any atom is 0.269 e. The van der Waals surface area contributed by atoms with E-state index in [9.17, 15) is 14.4 Å². The number of benzene rings is 3. The Hall–Kier alpha value is -3.66. The molecule has 1 fully saturated rings. The number of halogens is 2. The second-order valence-electron chi connectivity index (χ2n) is 7.75. The van der Waals surface area contributed by atoms with Crippen LogP contribution >= 0.6 is 35.4 Å². The first-order chi connectivity index (χ1) is 17.3.